The van der Waals surface area contributed by atoms with Crippen LogP contribution in [-0.2, 0) is 9.59 Å². The van der Waals surface area contributed by atoms with Gasteiger partial charge in [0.15, 0.2) is 11.6 Å². The van der Waals surface area contributed by atoms with Crippen molar-refractivity contribution in [2.45, 2.75) is 40.5 Å². The molecule has 0 saturated carbocycles. The van der Waals surface area contributed by atoms with E-state index in [0.717, 1.165) is 12.8 Å². The minimum absolute atomic E-state index is 0.0143. The molecule has 44 heavy (non-hydrogen) atoms. The van der Waals surface area contributed by atoms with Crippen LogP contribution in [0.4, 0.5) is 0 Å². The molecule has 2 unspecified atom stereocenters. The fourth-order valence-electron chi connectivity index (χ4n) is 7.13. The maximum Gasteiger partial charge on any atom is 0.253 e. The molecule has 224 valence electrons. The molecule has 6 rings (SSSR count). The summed E-state index contributed by atoms with van der Waals surface area (Å²) in [6, 6.07) is 22.3. The number of hydrogen-bond donors (Lipinski definition) is 0. The van der Waals surface area contributed by atoms with Gasteiger partial charge in [0, 0.05) is 59.0 Å². The fraction of sp³-hybridized carbons (Fsp3) is 0.389. The lowest BCUT2D eigenvalue weighted by Crippen LogP contribution is -2.41. The van der Waals surface area contributed by atoms with Crippen molar-refractivity contribution in [3.05, 3.63) is 95.1 Å². The van der Waals surface area contributed by atoms with E-state index in [1.165, 1.54) is 0 Å². The monoisotopic (exact) mass is 588 g/mol. The zero-order valence-corrected chi connectivity index (χ0v) is 25.6. The number of hydrogen-bond acceptors (Lipinski definition) is 6. The maximum atomic E-state index is 12.6. The van der Waals surface area contributed by atoms with Gasteiger partial charge in [-0.2, -0.15) is 10.5 Å². The largest absolute Gasteiger partial charge is 0.338 e. The van der Waals surface area contributed by atoms with Crippen molar-refractivity contribution in [3.63, 3.8) is 0 Å². The van der Waals surface area contributed by atoms with Crippen LogP contribution in [0.2, 0.25) is 0 Å². The lowest BCUT2D eigenvalue weighted by atomic mass is 9.66. The first-order valence-corrected chi connectivity index (χ1v) is 14.9. The van der Waals surface area contributed by atoms with Gasteiger partial charge in [0.25, 0.3) is 11.8 Å². The Balaban J connectivity index is 0.000000175. The third-order valence-corrected chi connectivity index (χ3v) is 10.4. The highest BCUT2D eigenvalue weighted by Gasteiger charge is 2.58. The van der Waals surface area contributed by atoms with Crippen molar-refractivity contribution in [3.8, 4) is 12.1 Å². The zero-order chi connectivity index (χ0) is 31.9. The molecule has 0 N–H and O–H groups in total. The molecule has 2 amide bonds. The van der Waals surface area contributed by atoms with E-state index in [1.807, 2.05) is 76.2 Å². The van der Waals surface area contributed by atoms with Crippen LogP contribution in [0.3, 0.4) is 0 Å². The Hall–Kier alpha value is -4.82. The number of ketones is 2. The number of likely N-dealkylation sites (tertiary alicyclic amines) is 2. The Morgan fingerprint density at radius 2 is 0.977 bits per heavy atom. The Morgan fingerprint density at radius 1 is 0.636 bits per heavy atom. The number of rotatable bonds is 2. The Labute approximate surface area is 258 Å². The summed E-state index contributed by atoms with van der Waals surface area (Å²) in [4.78, 5) is 53.5. The quantitative estimate of drug-likeness (QED) is 0.478. The molecule has 2 saturated heterocycles. The van der Waals surface area contributed by atoms with E-state index in [4.69, 9.17) is 10.5 Å². The standard InChI is InChI=1S/2C18H18N2O2/c2*1-17(2)15(21)14(11-19)10-18(17)8-9-20(12-18)16(22)13-6-4-3-5-7-13/h2*3-7,10H,8-9,12H2,1-2H3. The summed E-state index contributed by atoms with van der Waals surface area (Å²) >= 11 is 0. The molecule has 2 aromatic carbocycles. The average Bonchev–Trinajstić information content (AvgIpc) is 3.76. The number of amides is 2. The van der Waals surface area contributed by atoms with Gasteiger partial charge in [0.2, 0.25) is 0 Å². The van der Waals surface area contributed by atoms with Gasteiger partial charge in [-0.15, -0.1) is 0 Å². The summed E-state index contributed by atoms with van der Waals surface area (Å²) in [7, 11) is 0. The van der Waals surface area contributed by atoms with Gasteiger partial charge in [0.05, 0.1) is 11.1 Å². The number of carbonyl (C=O) groups is 4. The average molecular weight is 589 g/mol. The summed E-state index contributed by atoms with van der Waals surface area (Å²) in [5.41, 5.74) is -0.317. The second-order valence-electron chi connectivity index (χ2n) is 13.2. The molecule has 2 aliphatic heterocycles. The summed E-state index contributed by atoms with van der Waals surface area (Å²) in [6.45, 7) is 9.73. The number of carbonyl (C=O) groups excluding carboxylic acids is 4. The van der Waals surface area contributed by atoms with E-state index < -0.39 is 21.7 Å². The maximum absolute atomic E-state index is 12.6. The molecule has 2 atom stereocenters. The lowest BCUT2D eigenvalue weighted by molar-refractivity contribution is -0.126. The molecule has 2 heterocycles. The Kier molecular flexibility index (Phi) is 7.68. The number of Topliss-reactive ketones (excluding diaryl/α,β-unsaturated/α-hetero) is 2. The second-order valence-corrected chi connectivity index (χ2v) is 13.2. The first kappa shape index (κ1) is 30.6. The van der Waals surface area contributed by atoms with E-state index >= 15 is 0 Å². The predicted octanol–water partition coefficient (Wildman–Crippen LogP) is 5.16. The van der Waals surface area contributed by atoms with Gasteiger partial charge < -0.3 is 9.80 Å². The molecule has 2 aromatic rings. The minimum Gasteiger partial charge on any atom is -0.338 e. The van der Waals surface area contributed by atoms with Crippen molar-refractivity contribution >= 4 is 23.4 Å². The molecule has 4 aliphatic rings. The van der Waals surface area contributed by atoms with Crippen LogP contribution in [-0.4, -0.2) is 59.4 Å². The van der Waals surface area contributed by atoms with Crippen LogP contribution in [0.1, 0.15) is 61.3 Å². The van der Waals surface area contributed by atoms with E-state index in [1.54, 1.807) is 46.2 Å². The number of allylic oxidation sites excluding steroid dienone is 2. The SMILES string of the molecule is CC1(C)C(=O)C(C#N)=CC12CCN(C(=O)c1ccccc1)C2.CC1(C)C(=O)C(C#N)=CC12CCN(C(=O)c1ccccc1)C2. The fourth-order valence-corrected chi connectivity index (χ4v) is 7.13. The highest BCUT2D eigenvalue weighted by Crippen LogP contribution is 2.55. The van der Waals surface area contributed by atoms with Crippen LogP contribution in [0.15, 0.2) is 84.0 Å². The van der Waals surface area contributed by atoms with Crippen LogP contribution in [0.5, 0.6) is 0 Å². The summed E-state index contributed by atoms with van der Waals surface area (Å²) < 4.78 is 0. The number of nitrogens with zero attached hydrogens (tertiary/aromatic N) is 4. The topological polar surface area (TPSA) is 122 Å². The smallest absolute Gasteiger partial charge is 0.253 e. The van der Waals surface area contributed by atoms with Crippen molar-refractivity contribution in [1.82, 2.24) is 9.80 Å². The molecule has 0 bridgehead atoms. The molecule has 2 fully saturated rings. The van der Waals surface area contributed by atoms with Gasteiger partial charge in [0.1, 0.15) is 12.1 Å². The lowest BCUT2D eigenvalue weighted by Gasteiger charge is -2.35. The van der Waals surface area contributed by atoms with Crippen molar-refractivity contribution in [2.75, 3.05) is 26.2 Å². The first-order chi connectivity index (χ1) is 20.8. The third-order valence-electron chi connectivity index (χ3n) is 10.4. The van der Waals surface area contributed by atoms with Crippen molar-refractivity contribution in [2.24, 2.45) is 21.7 Å². The van der Waals surface area contributed by atoms with E-state index in [-0.39, 0.29) is 34.5 Å². The molecule has 2 spiro atoms. The van der Waals surface area contributed by atoms with Crippen LogP contribution >= 0.6 is 0 Å². The van der Waals surface area contributed by atoms with Gasteiger partial charge >= 0.3 is 0 Å². The minimum atomic E-state index is -0.635. The number of nitriles is 2. The van der Waals surface area contributed by atoms with Crippen molar-refractivity contribution < 1.29 is 19.2 Å². The molecule has 8 heteroatoms. The normalized spacial score (nSPS) is 26.1. The van der Waals surface area contributed by atoms with Gasteiger partial charge in [-0.1, -0.05) is 76.2 Å². The van der Waals surface area contributed by atoms with Crippen molar-refractivity contribution in [1.29, 1.82) is 10.5 Å². The van der Waals surface area contributed by atoms with E-state index in [2.05, 4.69) is 0 Å². The molecule has 2 aliphatic carbocycles. The van der Waals surface area contributed by atoms with Gasteiger partial charge in [-0.3, -0.25) is 19.2 Å². The highest BCUT2D eigenvalue weighted by molar-refractivity contribution is 6.07. The molecule has 8 nitrogen and oxygen atoms in total. The molecule has 0 radical (unpaired) electrons. The number of benzene rings is 2. The first-order valence-electron chi connectivity index (χ1n) is 14.9. The Morgan fingerprint density at radius 3 is 1.27 bits per heavy atom. The van der Waals surface area contributed by atoms with E-state index in [0.29, 0.717) is 37.3 Å². The van der Waals surface area contributed by atoms with Crippen LogP contribution in [0, 0.1) is 44.3 Å². The van der Waals surface area contributed by atoms with Gasteiger partial charge in [-0.05, 0) is 37.1 Å². The Bertz CT molecular complexity index is 1550. The molecule has 0 aromatic heterocycles. The van der Waals surface area contributed by atoms with E-state index in [9.17, 15) is 19.2 Å². The summed E-state index contributed by atoms with van der Waals surface area (Å²) in [5, 5.41) is 18.3. The zero-order valence-electron chi connectivity index (χ0n) is 25.6. The summed E-state index contributed by atoms with van der Waals surface area (Å²) in [6.07, 6.45) is 5.03. The van der Waals surface area contributed by atoms with Crippen LogP contribution in [0.25, 0.3) is 0 Å². The summed E-state index contributed by atoms with van der Waals surface area (Å²) in [5.74, 6) is -0.243. The van der Waals surface area contributed by atoms with Gasteiger partial charge in [-0.25, -0.2) is 0 Å². The third kappa shape index (κ3) is 4.75. The predicted molar refractivity (Wildman–Crippen MR) is 164 cm³/mol. The highest BCUT2D eigenvalue weighted by atomic mass is 16.2. The molecular weight excluding hydrogens is 552 g/mol. The second kappa shape index (κ2) is 11.0. The molecular formula is C36H36N4O4. The van der Waals surface area contributed by atoms with Crippen LogP contribution < -0.4 is 0 Å².